The molecular weight excluding hydrogens is 477 g/mol. The van der Waals surface area contributed by atoms with E-state index in [0.29, 0.717) is 22.5 Å². The van der Waals surface area contributed by atoms with Crippen LogP contribution in [-0.4, -0.2) is 28.5 Å². The van der Waals surface area contributed by atoms with Gasteiger partial charge in [0.05, 0.1) is 35.2 Å². The number of hydrogen-bond donors (Lipinski definition) is 2. The summed E-state index contributed by atoms with van der Waals surface area (Å²) in [7, 11) is 0. The molecule has 0 aliphatic carbocycles. The fraction of sp³-hybridized carbons (Fsp3) is 0.0714. The molecular formula is C28H20FN3O5. The lowest BCUT2D eigenvalue weighted by atomic mass is 10.1. The van der Waals surface area contributed by atoms with E-state index in [1.54, 1.807) is 55.5 Å². The molecule has 0 spiro atoms. The van der Waals surface area contributed by atoms with Gasteiger partial charge in [-0.1, -0.05) is 24.3 Å². The van der Waals surface area contributed by atoms with E-state index in [1.165, 1.54) is 24.5 Å². The third kappa shape index (κ3) is 4.62. The molecule has 184 valence electrons. The van der Waals surface area contributed by atoms with Gasteiger partial charge in [-0.15, -0.1) is 0 Å². The first-order valence-electron chi connectivity index (χ1n) is 11.3. The Morgan fingerprint density at radius 2 is 1.59 bits per heavy atom. The molecule has 1 aliphatic heterocycles. The second kappa shape index (κ2) is 9.54. The van der Waals surface area contributed by atoms with E-state index in [9.17, 15) is 23.6 Å². The standard InChI is InChI=1S/C28H20FN3O5/c1-16-20(11-12-37-16)26(34)31-24-14-19(9-10-23(24)29)30-25(33)18-6-4-5-17(13-18)15-32-27(35)21-7-2-3-8-22(21)28(32)36/h2-14H,15H2,1H3,(H,30,33)(H,31,34). The summed E-state index contributed by atoms with van der Waals surface area (Å²) in [6, 6.07) is 18.4. The van der Waals surface area contributed by atoms with Gasteiger partial charge in [0.25, 0.3) is 23.6 Å². The van der Waals surface area contributed by atoms with Crippen LogP contribution in [0.3, 0.4) is 0 Å². The largest absolute Gasteiger partial charge is 0.469 e. The van der Waals surface area contributed by atoms with Crippen molar-refractivity contribution in [3.8, 4) is 0 Å². The normalized spacial score (nSPS) is 12.4. The van der Waals surface area contributed by atoms with Gasteiger partial charge >= 0.3 is 0 Å². The maximum Gasteiger partial charge on any atom is 0.261 e. The van der Waals surface area contributed by atoms with E-state index in [4.69, 9.17) is 4.42 Å². The highest BCUT2D eigenvalue weighted by Crippen LogP contribution is 2.25. The predicted molar refractivity (Wildman–Crippen MR) is 133 cm³/mol. The summed E-state index contributed by atoms with van der Waals surface area (Å²) >= 11 is 0. The molecule has 1 aliphatic rings. The highest BCUT2D eigenvalue weighted by Gasteiger charge is 2.35. The molecule has 5 rings (SSSR count). The smallest absolute Gasteiger partial charge is 0.261 e. The molecule has 2 heterocycles. The number of nitrogens with one attached hydrogen (secondary N) is 2. The zero-order chi connectivity index (χ0) is 26.1. The quantitative estimate of drug-likeness (QED) is 0.363. The molecule has 9 heteroatoms. The van der Waals surface area contributed by atoms with Gasteiger partial charge < -0.3 is 15.1 Å². The SMILES string of the molecule is Cc1occc1C(=O)Nc1cc(NC(=O)c2cccc(CN3C(=O)c4ccccc4C3=O)c2)ccc1F. The summed E-state index contributed by atoms with van der Waals surface area (Å²) in [6.45, 7) is 1.62. The van der Waals surface area contributed by atoms with E-state index in [1.807, 2.05) is 0 Å². The number of aryl methyl sites for hydroxylation is 1. The summed E-state index contributed by atoms with van der Waals surface area (Å²) in [4.78, 5) is 51.8. The molecule has 2 N–H and O–H groups in total. The van der Waals surface area contributed by atoms with Crippen molar-refractivity contribution in [2.75, 3.05) is 10.6 Å². The highest BCUT2D eigenvalue weighted by atomic mass is 19.1. The van der Waals surface area contributed by atoms with Gasteiger partial charge in [-0.05, 0) is 61.0 Å². The van der Waals surface area contributed by atoms with Gasteiger partial charge in [0, 0.05) is 11.3 Å². The number of rotatable bonds is 6. The van der Waals surface area contributed by atoms with Crippen LogP contribution in [0.4, 0.5) is 15.8 Å². The first-order chi connectivity index (χ1) is 17.8. The van der Waals surface area contributed by atoms with Crippen LogP contribution >= 0.6 is 0 Å². The Balaban J connectivity index is 1.29. The fourth-order valence-corrected chi connectivity index (χ4v) is 4.09. The number of imide groups is 1. The second-order valence-corrected chi connectivity index (χ2v) is 8.44. The summed E-state index contributed by atoms with van der Waals surface area (Å²) < 4.78 is 19.4. The average Bonchev–Trinajstić information content (AvgIpc) is 3.43. The van der Waals surface area contributed by atoms with Crippen LogP contribution < -0.4 is 10.6 Å². The van der Waals surface area contributed by atoms with E-state index in [2.05, 4.69) is 10.6 Å². The summed E-state index contributed by atoms with van der Waals surface area (Å²) in [5, 5.41) is 5.15. The second-order valence-electron chi connectivity index (χ2n) is 8.44. The predicted octanol–water partition coefficient (Wildman–Crippen LogP) is 5.03. The lowest BCUT2D eigenvalue weighted by molar-refractivity contribution is 0.0642. The van der Waals surface area contributed by atoms with Crippen LogP contribution in [0.15, 0.2) is 83.5 Å². The molecule has 4 aromatic rings. The Hall–Kier alpha value is -5.05. The Labute approximate surface area is 210 Å². The summed E-state index contributed by atoms with van der Waals surface area (Å²) in [5.41, 5.74) is 1.98. The first kappa shape index (κ1) is 23.7. The summed E-state index contributed by atoms with van der Waals surface area (Å²) in [6.07, 6.45) is 1.36. The molecule has 0 atom stereocenters. The maximum atomic E-state index is 14.3. The van der Waals surface area contributed by atoms with Crippen molar-refractivity contribution in [3.63, 3.8) is 0 Å². The molecule has 0 unspecified atom stereocenters. The van der Waals surface area contributed by atoms with E-state index in [0.717, 1.165) is 11.0 Å². The van der Waals surface area contributed by atoms with Gasteiger partial charge in [-0.25, -0.2) is 4.39 Å². The van der Waals surface area contributed by atoms with Crippen molar-refractivity contribution in [2.24, 2.45) is 0 Å². The van der Waals surface area contributed by atoms with Crippen molar-refractivity contribution in [1.29, 1.82) is 0 Å². The molecule has 0 saturated carbocycles. The first-order valence-corrected chi connectivity index (χ1v) is 11.3. The number of carbonyl (C=O) groups excluding carboxylic acids is 4. The van der Waals surface area contributed by atoms with Crippen molar-refractivity contribution < 1.29 is 28.0 Å². The number of halogens is 1. The summed E-state index contributed by atoms with van der Waals surface area (Å²) in [5.74, 6) is -2.09. The molecule has 3 aromatic carbocycles. The fourth-order valence-electron chi connectivity index (χ4n) is 4.09. The van der Waals surface area contributed by atoms with Crippen molar-refractivity contribution in [3.05, 3.63) is 118 Å². The monoisotopic (exact) mass is 497 g/mol. The molecule has 0 fully saturated rings. The zero-order valence-electron chi connectivity index (χ0n) is 19.6. The van der Waals surface area contributed by atoms with Gasteiger partial charge in [-0.2, -0.15) is 0 Å². The number of fused-ring (bicyclic) bond motifs is 1. The molecule has 0 radical (unpaired) electrons. The Bertz CT molecular complexity index is 1540. The van der Waals surface area contributed by atoms with Gasteiger partial charge in [0.15, 0.2) is 0 Å². The number of hydrogen-bond acceptors (Lipinski definition) is 5. The van der Waals surface area contributed by atoms with E-state index in [-0.39, 0.29) is 40.9 Å². The minimum Gasteiger partial charge on any atom is -0.469 e. The van der Waals surface area contributed by atoms with Gasteiger partial charge in [-0.3, -0.25) is 24.1 Å². The Morgan fingerprint density at radius 1 is 0.865 bits per heavy atom. The minimum absolute atomic E-state index is 0.00756. The van der Waals surface area contributed by atoms with E-state index >= 15 is 0 Å². The van der Waals surface area contributed by atoms with E-state index < -0.39 is 17.6 Å². The number of furan rings is 1. The number of carbonyl (C=O) groups is 4. The van der Waals surface area contributed by atoms with Crippen molar-refractivity contribution in [2.45, 2.75) is 13.5 Å². The third-order valence-electron chi connectivity index (χ3n) is 5.98. The van der Waals surface area contributed by atoms with Crippen LogP contribution in [0.2, 0.25) is 0 Å². The van der Waals surface area contributed by atoms with Gasteiger partial charge in [0.1, 0.15) is 11.6 Å². The molecule has 1 aromatic heterocycles. The molecule has 37 heavy (non-hydrogen) atoms. The average molecular weight is 497 g/mol. The molecule has 8 nitrogen and oxygen atoms in total. The van der Waals surface area contributed by atoms with Crippen molar-refractivity contribution in [1.82, 2.24) is 4.90 Å². The van der Waals surface area contributed by atoms with Crippen molar-refractivity contribution >= 4 is 35.0 Å². The third-order valence-corrected chi connectivity index (χ3v) is 5.98. The van der Waals surface area contributed by atoms with Crippen LogP contribution in [-0.2, 0) is 6.54 Å². The number of nitrogens with zero attached hydrogens (tertiary/aromatic N) is 1. The lowest BCUT2D eigenvalue weighted by Gasteiger charge is -2.15. The highest BCUT2D eigenvalue weighted by molar-refractivity contribution is 6.21. The number of anilines is 2. The number of amides is 4. The van der Waals surface area contributed by atoms with Crippen LogP contribution in [0, 0.1) is 12.7 Å². The van der Waals surface area contributed by atoms with Crippen LogP contribution in [0.1, 0.15) is 52.8 Å². The van der Waals surface area contributed by atoms with Crippen LogP contribution in [0.25, 0.3) is 0 Å². The maximum absolute atomic E-state index is 14.3. The topological polar surface area (TPSA) is 109 Å². The number of benzene rings is 3. The molecule has 0 saturated heterocycles. The Kier molecular flexibility index (Phi) is 6.10. The van der Waals surface area contributed by atoms with Gasteiger partial charge in [0.2, 0.25) is 0 Å². The zero-order valence-corrected chi connectivity index (χ0v) is 19.6. The molecule has 4 amide bonds. The minimum atomic E-state index is -0.671. The molecule has 0 bridgehead atoms. The lowest BCUT2D eigenvalue weighted by Crippen LogP contribution is -2.29. The Morgan fingerprint density at radius 3 is 2.27 bits per heavy atom. The van der Waals surface area contributed by atoms with Crippen LogP contribution in [0.5, 0.6) is 0 Å².